The Morgan fingerprint density at radius 3 is 1.33 bits per heavy atom. The van der Waals surface area contributed by atoms with E-state index in [-0.39, 0.29) is 9.65 Å². The molecule has 0 bridgehead atoms. The second kappa shape index (κ2) is 4.15. The molecule has 4 nitrogen and oxygen atoms in total. The molecule has 0 unspecified atom stereocenters. The Morgan fingerprint density at radius 1 is 0.667 bits per heavy atom. The molecule has 0 amide bonds. The summed E-state index contributed by atoms with van der Waals surface area (Å²) >= 11 is 7.50. The van der Waals surface area contributed by atoms with Crippen LogP contribution in [0.5, 0.6) is 0 Å². The van der Waals surface area contributed by atoms with Gasteiger partial charge in [-0.2, -0.15) is 0 Å². The van der Waals surface area contributed by atoms with E-state index >= 15 is 0 Å². The number of hydrogen-bond donors (Lipinski definition) is 0. The van der Waals surface area contributed by atoms with Crippen LogP contribution in [-0.2, 0) is 18.9 Å². The number of rotatable bonds is 0. The Morgan fingerprint density at radius 2 is 1.00 bits per heavy atom. The Bertz CT molecular complexity index is 318. The number of hydrogen-bond acceptors (Lipinski definition) is 4. The van der Waals surface area contributed by atoms with Crippen LogP contribution in [-0.4, -0.2) is 47.7 Å². The Balaban J connectivity index is 1.71. The van der Waals surface area contributed by atoms with Gasteiger partial charge < -0.3 is 18.9 Å². The fourth-order valence-corrected chi connectivity index (χ4v) is 6.15. The summed E-state index contributed by atoms with van der Waals surface area (Å²) in [5, 5.41) is 0. The molecule has 0 N–H and O–H groups in total. The van der Waals surface area contributed by atoms with Gasteiger partial charge in [-0.05, 0) is 12.8 Å². The van der Waals surface area contributed by atoms with Gasteiger partial charge in [-0.25, -0.2) is 0 Å². The smallest absolute Gasteiger partial charge is 0.184 e. The first-order valence-corrected chi connectivity index (χ1v) is 8.36. The highest BCUT2D eigenvalue weighted by Crippen LogP contribution is 2.62. The van der Waals surface area contributed by atoms with E-state index in [2.05, 4.69) is 31.9 Å². The van der Waals surface area contributed by atoms with Crippen LogP contribution >= 0.6 is 31.9 Å². The van der Waals surface area contributed by atoms with Crippen molar-refractivity contribution in [2.45, 2.75) is 34.1 Å². The van der Waals surface area contributed by atoms with Gasteiger partial charge in [0.05, 0.1) is 36.1 Å². The Labute approximate surface area is 123 Å². The summed E-state index contributed by atoms with van der Waals surface area (Å²) in [6.45, 7) is 2.75. The average molecular weight is 384 g/mol. The van der Waals surface area contributed by atoms with Crippen LogP contribution in [0.3, 0.4) is 0 Å². The second-order valence-electron chi connectivity index (χ2n) is 5.46. The van der Waals surface area contributed by atoms with Crippen molar-refractivity contribution in [2.24, 2.45) is 11.8 Å². The maximum absolute atomic E-state index is 5.98. The molecule has 4 atom stereocenters. The van der Waals surface area contributed by atoms with Crippen LogP contribution in [0.2, 0.25) is 0 Å². The van der Waals surface area contributed by atoms with E-state index in [9.17, 15) is 0 Å². The molecule has 4 fully saturated rings. The van der Waals surface area contributed by atoms with E-state index in [4.69, 9.17) is 18.9 Å². The number of alkyl halides is 2. The van der Waals surface area contributed by atoms with Crippen LogP contribution in [0.1, 0.15) is 12.8 Å². The molecule has 4 rings (SSSR count). The van der Waals surface area contributed by atoms with Crippen molar-refractivity contribution in [1.29, 1.82) is 0 Å². The predicted molar refractivity (Wildman–Crippen MR) is 70.9 cm³/mol. The van der Waals surface area contributed by atoms with Crippen LogP contribution in [0.4, 0.5) is 0 Å². The summed E-state index contributed by atoms with van der Waals surface area (Å²) < 4.78 is 23.9. The van der Waals surface area contributed by atoms with Gasteiger partial charge in [0, 0.05) is 11.8 Å². The highest BCUT2D eigenvalue weighted by Gasteiger charge is 2.70. The van der Waals surface area contributed by atoms with Crippen molar-refractivity contribution in [2.75, 3.05) is 26.4 Å². The topological polar surface area (TPSA) is 36.9 Å². The standard InChI is InChI=1S/C12H16Br2O4/c13-9-6-8-7(11(9)15-1-2-16-11)5-10(14)12(8)17-3-4-18-12/h7-10H,1-6H2/t7-,8+,9+,10-. The van der Waals surface area contributed by atoms with Crippen molar-refractivity contribution in [3.8, 4) is 0 Å². The number of ether oxygens (including phenoxy) is 4. The quantitative estimate of drug-likeness (QED) is 0.600. The summed E-state index contributed by atoms with van der Waals surface area (Å²) in [5.74, 6) is -0.246. The molecule has 6 heteroatoms. The molecule has 2 aliphatic heterocycles. The van der Waals surface area contributed by atoms with Gasteiger partial charge in [0.1, 0.15) is 0 Å². The third-order valence-corrected chi connectivity index (χ3v) is 6.82. The summed E-state index contributed by atoms with van der Waals surface area (Å²) in [4.78, 5) is 0.458. The molecule has 0 radical (unpaired) electrons. The summed E-state index contributed by atoms with van der Waals surface area (Å²) in [7, 11) is 0. The molecule has 0 aromatic carbocycles. The minimum Gasteiger partial charge on any atom is -0.346 e. The lowest BCUT2D eigenvalue weighted by molar-refractivity contribution is -0.202. The minimum absolute atomic E-state index is 0.229. The molecule has 2 heterocycles. The highest BCUT2D eigenvalue weighted by molar-refractivity contribution is 9.09. The molecule has 0 aromatic rings. The minimum atomic E-state index is -0.463. The van der Waals surface area contributed by atoms with Gasteiger partial charge in [-0.3, -0.25) is 0 Å². The maximum Gasteiger partial charge on any atom is 0.184 e. The Kier molecular flexibility index (Phi) is 2.89. The molecular formula is C12H16Br2O4. The van der Waals surface area contributed by atoms with Gasteiger partial charge in [0.2, 0.25) is 0 Å². The molecule has 4 aliphatic rings. The van der Waals surface area contributed by atoms with Crippen LogP contribution in [0.15, 0.2) is 0 Å². The van der Waals surface area contributed by atoms with Gasteiger partial charge >= 0.3 is 0 Å². The first kappa shape index (κ1) is 12.5. The molecular weight excluding hydrogens is 368 g/mol. The zero-order valence-corrected chi connectivity index (χ0v) is 13.1. The molecule has 102 valence electrons. The van der Waals surface area contributed by atoms with E-state index in [1.54, 1.807) is 0 Å². The molecule has 2 aliphatic carbocycles. The van der Waals surface area contributed by atoms with Crippen LogP contribution in [0, 0.1) is 11.8 Å². The van der Waals surface area contributed by atoms with E-state index in [0.717, 1.165) is 12.8 Å². The zero-order valence-electron chi connectivity index (χ0n) is 9.94. The average Bonchev–Trinajstić information content (AvgIpc) is 3.07. The number of fused-ring (bicyclic) bond motifs is 3. The van der Waals surface area contributed by atoms with Gasteiger partial charge in [0.25, 0.3) is 0 Å². The van der Waals surface area contributed by atoms with E-state index in [1.165, 1.54) is 0 Å². The Hall–Kier alpha value is 0.800. The summed E-state index contributed by atoms with van der Waals surface area (Å²) in [5.41, 5.74) is 0. The van der Waals surface area contributed by atoms with Crippen LogP contribution < -0.4 is 0 Å². The molecule has 18 heavy (non-hydrogen) atoms. The van der Waals surface area contributed by atoms with Crippen molar-refractivity contribution in [1.82, 2.24) is 0 Å². The van der Waals surface area contributed by atoms with Gasteiger partial charge in [-0.1, -0.05) is 31.9 Å². The van der Waals surface area contributed by atoms with Crippen molar-refractivity contribution in [3.05, 3.63) is 0 Å². The third kappa shape index (κ3) is 1.40. The van der Waals surface area contributed by atoms with Crippen molar-refractivity contribution >= 4 is 31.9 Å². The fourth-order valence-electron chi connectivity index (χ4n) is 4.13. The molecule has 0 aromatic heterocycles. The lowest BCUT2D eigenvalue weighted by Gasteiger charge is -2.32. The second-order valence-corrected chi connectivity index (χ2v) is 7.67. The van der Waals surface area contributed by atoms with E-state index < -0.39 is 11.6 Å². The monoisotopic (exact) mass is 382 g/mol. The van der Waals surface area contributed by atoms with Crippen molar-refractivity contribution < 1.29 is 18.9 Å². The lowest BCUT2D eigenvalue weighted by atomic mass is 9.94. The van der Waals surface area contributed by atoms with E-state index in [1.807, 2.05) is 0 Å². The maximum atomic E-state index is 5.98. The molecule has 2 spiro atoms. The third-order valence-electron chi connectivity index (χ3n) is 4.79. The normalized spacial score (nSPS) is 48.3. The lowest BCUT2D eigenvalue weighted by Crippen LogP contribution is -2.43. The van der Waals surface area contributed by atoms with Gasteiger partial charge in [-0.15, -0.1) is 0 Å². The van der Waals surface area contributed by atoms with Gasteiger partial charge in [0.15, 0.2) is 11.6 Å². The van der Waals surface area contributed by atoms with Crippen molar-refractivity contribution in [3.63, 3.8) is 0 Å². The predicted octanol–water partition coefficient (Wildman–Crippen LogP) is 2.04. The largest absolute Gasteiger partial charge is 0.346 e. The highest BCUT2D eigenvalue weighted by atomic mass is 79.9. The zero-order chi connectivity index (χ0) is 12.4. The molecule has 2 saturated heterocycles. The first-order valence-electron chi connectivity index (χ1n) is 6.53. The molecule has 2 saturated carbocycles. The summed E-state index contributed by atoms with van der Waals surface area (Å²) in [6, 6.07) is 0. The van der Waals surface area contributed by atoms with E-state index in [0.29, 0.717) is 38.3 Å². The fraction of sp³-hybridized carbons (Fsp3) is 1.00. The van der Waals surface area contributed by atoms with Crippen LogP contribution in [0.25, 0.3) is 0 Å². The summed E-state index contributed by atoms with van der Waals surface area (Å²) in [6.07, 6.45) is 1.96. The SMILES string of the molecule is Br[C@@H]1C[C@@H]2[C@H](C[C@H](Br)C23OCCO3)C12OCCO2. The number of halogens is 2. The first-order chi connectivity index (χ1) is 8.69.